The van der Waals surface area contributed by atoms with E-state index in [9.17, 15) is 0 Å². The molecule has 0 amide bonds. The third-order valence-electron chi connectivity index (χ3n) is 2.56. The van der Waals surface area contributed by atoms with Gasteiger partial charge >= 0.3 is 0 Å². The Hall–Kier alpha value is -1.29. The Balaban J connectivity index is 2.57. The molecule has 0 spiro atoms. The molecular formula is C11H19N3O. The minimum Gasteiger partial charge on any atom is -0.491 e. The van der Waals surface area contributed by atoms with Crippen molar-refractivity contribution in [2.24, 2.45) is 0 Å². The summed E-state index contributed by atoms with van der Waals surface area (Å²) in [4.78, 5) is 6.03. The van der Waals surface area contributed by atoms with E-state index in [0.717, 1.165) is 5.75 Å². The van der Waals surface area contributed by atoms with Crippen molar-refractivity contribution in [1.82, 2.24) is 9.88 Å². The lowest BCUT2D eigenvalue weighted by Gasteiger charge is -2.32. The van der Waals surface area contributed by atoms with Gasteiger partial charge in [-0.1, -0.05) is 0 Å². The highest BCUT2D eigenvalue weighted by atomic mass is 16.5. The lowest BCUT2D eigenvalue weighted by molar-refractivity contribution is 0.114. The van der Waals surface area contributed by atoms with E-state index in [1.165, 1.54) is 0 Å². The molecule has 1 heterocycles. The SMILES string of the molecule is CN(C)C(C)(C)COc1ccnc(N)c1. The fourth-order valence-corrected chi connectivity index (χ4v) is 0.907. The summed E-state index contributed by atoms with van der Waals surface area (Å²) in [6.07, 6.45) is 1.65. The number of rotatable bonds is 4. The number of pyridine rings is 1. The molecule has 0 atom stereocenters. The number of hydrogen-bond donors (Lipinski definition) is 1. The summed E-state index contributed by atoms with van der Waals surface area (Å²) in [6.45, 7) is 4.86. The van der Waals surface area contributed by atoms with Gasteiger partial charge in [-0.2, -0.15) is 0 Å². The smallest absolute Gasteiger partial charge is 0.126 e. The second-order valence-corrected chi connectivity index (χ2v) is 4.41. The zero-order valence-electron chi connectivity index (χ0n) is 9.82. The molecule has 4 heteroatoms. The number of likely N-dealkylation sites (N-methyl/N-ethyl adjacent to an activating group) is 1. The average molecular weight is 209 g/mol. The Morgan fingerprint density at radius 2 is 2.13 bits per heavy atom. The fraction of sp³-hybridized carbons (Fsp3) is 0.545. The summed E-state index contributed by atoms with van der Waals surface area (Å²) in [7, 11) is 4.06. The fourth-order valence-electron chi connectivity index (χ4n) is 0.907. The molecule has 0 aliphatic heterocycles. The molecule has 2 N–H and O–H groups in total. The molecule has 0 saturated heterocycles. The molecule has 0 saturated carbocycles. The van der Waals surface area contributed by atoms with Gasteiger partial charge in [0.2, 0.25) is 0 Å². The first-order valence-electron chi connectivity index (χ1n) is 4.93. The lowest BCUT2D eigenvalue weighted by Crippen LogP contribution is -2.43. The molecule has 4 nitrogen and oxygen atoms in total. The number of ether oxygens (including phenoxy) is 1. The normalized spacial score (nSPS) is 11.8. The van der Waals surface area contributed by atoms with Crippen molar-refractivity contribution in [2.45, 2.75) is 19.4 Å². The third kappa shape index (κ3) is 3.40. The number of aromatic nitrogens is 1. The van der Waals surface area contributed by atoms with Crippen LogP contribution in [0.2, 0.25) is 0 Å². The van der Waals surface area contributed by atoms with Gasteiger partial charge in [0, 0.05) is 17.8 Å². The van der Waals surface area contributed by atoms with Crippen LogP contribution in [-0.4, -0.2) is 36.1 Å². The van der Waals surface area contributed by atoms with E-state index in [2.05, 4.69) is 23.7 Å². The Morgan fingerprint density at radius 3 is 2.67 bits per heavy atom. The van der Waals surface area contributed by atoms with Crippen LogP contribution in [0.3, 0.4) is 0 Å². The molecule has 0 radical (unpaired) electrons. The van der Waals surface area contributed by atoms with Crippen LogP contribution in [0.1, 0.15) is 13.8 Å². The average Bonchev–Trinajstić information content (AvgIpc) is 2.15. The maximum absolute atomic E-state index is 5.65. The summed E-state index contributed by atoms with van der Waals surface area (Å²) in [6, 6.07) is 3.54. The van der Waals surface area contributed by atoms with E-state index in [4.69, 9.17) is 10.5 Å². The van der Waals surface area contributed by atoms with Crippen LogP contribution in [0.25, 0.3) is 0 Å². The van der Waals surface area contributed by atoms with E-state index in [0.29, 0.717) is 12.4 Å². The maximum Gasteiger partial charge on any atom is 0.126 e. The predicted octanol–water partition coefficient (Wildman–Crippen LogP) is 1.38. The summed E-state index contributed by atoms with van der Waals surface area (Å²) in [5.41, 5.74) is 5.55. The van der Waals surface area contributed by atoms with E-state index in [1.807, 2.05) is 20.2 Å². The van der Waals surface area contributed by atoms with Crippen molar-refractivity contribution in [3.8, 4) is 5.75 Å². The molecule has 1 aromatic heterocycles. The molecule has 0 bridgehead atoms. The van der Waals surface area contributed by atoms with Crippen molar-refractivity contribution >= 4 is 5.82 Å². The van der Waals surface area contributed by atoms with E-state index < -0.39 is 0 Å². The number of hydrogen-bond acceptors (Lipinski definition) is 4. The van der Waals surface area contributed by atoms with Crippen molar-refractivity contribution in [1.29, 1.82) is 0 Å². The first-order chi connectivity index (χ1) is 6.92. The summed E-state index contributed by atoms with van der Waals surface area (Å²) in [5, 5.41) is 0. The minimum absolute atomic E-state index is 0.00195. The van der Waals surface area contributed by atoms with Gasteiger partial charge in [-0.3, -0.25) is 0 Å². The van der Waals surface area contributed by atoms with E-state index >= 15 is 0 Å². The standard InChI is InChI=1S/C11H19N3O/c1-11(2,14(3)4)8-15-9-5-6-13-10(12)7-9/h5-7H,8H2,1-4H3,(H2,12,13). The first kappa shape index (κ1) is 11.8. The lowest BCUT2D eigenvalue weighted by atomic mass is 10.1. The molecule has 0 aliphatic rings. The van der Waals surface area contributed by atoms with Crippen LogP contribution in [0.5, 0.6) is 5.75 Å². The van der Waals surface area contributed by atoms with Crippen molar-refractivity contribution < 1.29 is 4.74 Å². The second-order valence-electron chi connectivity index (χ2n) is 4.41. The third-order valence-corrected chi connectivity index (χ3v) is 2.56. The number of nitrogen functional groups attached to an aromatic ring is 1. The Labute approximate surface area is 91.1 Å². The Kier molecular flexibility index (Phi) is 3.52. The van der Waals surface area contributed by atoms with Gasteiger partial charge in [-0.15, -0.1) is 0 Å². The summed E-state index contributed by atoms with van der Waals surface area (Å²) >= 11 is 0. The molecule has 84 valence electrons. The summed E-state index contributed by atoms with van der Waals surface area (Å²) < 4.78 is 5.65. The minimum atomic E-state index is -0.00195. The van der Waals surface area contributed by atoms with Gasteiger partial charge in [0.15, 0.2) is 0 Å². The molecule has 15 heavy (non-hydrogen) atoms. The van der Waals surface area contributed by atoms with Crippen LogP contribution in [-0.2, 0) is 0 Å². The topological polar surface area (TPSA) is 51.4 Å². The number of nitrogens with two attached hydrogens (primary N) is 1. The van der Waals surface area contributed by atoms with Crippen molar-refractivity contribution in [2.75, 3.05) is 26.4 Å². The highest BCUT2D eigenvalue weighted by Gasteiger charge is 2.21. The Morgan fingerprint density at radius 1 is 1.47 bits per heavy atom. The van der Waals surface area contributed by atoms with Crippen molar-refractivity contribution in [3.05, 3.63) is 18.3 Å². The molecule has 0 aliphatic carbocycles. The van der Waals surface area contributed by atoms with Gasteiger partial charge in [-0.25, -0.2) is 4.98 Å². The molecule has 1 aromatic rings. The summed E-state index contributed by atoms with van der Waals surface area (Å²) in [5.74, 6) is 1.24. The highest BCUT2D eigenvalue weighted by Crippen LogP contribution is 2.16. The number of nitrogens with zero attached hydrogens (tertiary/aromatic N) is 2. The van der Waals surface area contributed by atoms with Crippen molar-refractivity contribution in [3.63, 3.8) is 0 Å². The molecule has 1 rings (SSSR count). The quantitative estimate of drug-likeness (QED) is 0.814. The van der Waals surface area contributed by atoms with Crippen LogP contribution in [0, 0.1) is 0 Å². The zero-order chi connectivity index (χ0) is 11.5. The van der Waals surface area contributed by atoms with Gasteiger partial charge < -0.3 is 15.4 Å². The second kappa shape index (κ2) is 4.49. The van der Waals surface area contributed by atoms with E-state index in [1.54, 1.807) is 12.3 Å². The molecule has 0 fully saturated rings. The van der Waals surface area contributed by atoms with Crippen LogP contribution in [0.15, 0.2) is 18.3 Å². The van der Waals surface area contributed by atoms with Crippen LogP contribution < -0.4 is 10.5 Å². The van der Waals surface area contributed by atoms with Gasteiger partial charge in [0.05, 0.1) is 0 Å². The predicted molar refractivity (Wildman–Crippen MR) is 61.9 cm³/mol. The molecule has 0 unspecified atom stereocenters. The molecular weight excluding hydrogens is 190 g/mol. The van der Waals surface area contributed by atoms with Crippen LogP contribution >= 0.6 is 0 Å². The Bertz CT molecular complexity index is 323. The van der Waals surface area contributed by atoms with Gasteiger partial charge in [-0.05, 0) is 34.0 Å². The monoisotopic (exact) mass is 209 g/mol. The maximum atomic E-state index is 5.65. The zero-order valence-corrected chi connectivity index (χ0v) is 9.82. The van der Waals surface area contributed by atoms with Crippen LogP contribution in [0.4, 0.5) is 5.82 Å². The molecule has 0 aromatic carbocycles. The largest absolute Gasteiger partial charge is 0.491 e. The highest BCUT2D eigenvalue weighted by molar-refractivity contribution is 5.35. The first-order valence-corrected chi connectivity index (χ1v) is 4.93. The van der Waals surface area contributed by atoms with E-state index in [-0.39, 0.29) is 5.54 Å². The van der Waals surface area contributed by atoms with Gasteiger partial charge in [0.25, 0.3) is 0 Å². The number of anilines is 1. The van der Waals surface area contributed by atoms with Gasteiger partial charge in [0.1, 0.15) is 18.2 Å².